The molecule has 0 fully saturated rings. The molecule has 7 heteroatoms. The van der Waals surface area contributed by atoms with Crippen LogP contribution in [0.25, 0.3) is 0 Å². The van der Waals surface area contributed by atoms with E-state index in [-0.39, 0.29) is 17.1 Å². The van der Waals surface area contributed by atoms with Gasteiger partial charge in [-0.05, 0) is 20.3 Å². The zero-order valence-electron chi connectivity index (χ0n) is 11.2. The molecule has 19 heavy (non-hydrogen) atoms. The van der Waals surface area contributed by atoms with Crippen LogP contribution < -0.4 is 11.1 Å². The Hall–Kier alpha value is -1.89. The number of rotatable bonds is 7. The number of nitrogens with zero attached hydrogens (tertiary/aromatic N) is 2. The highest BCUT2D eigenvalue weighted by atomic mass is 16.4. The van der Waals surface area contributed by atoms with Gasteiger partial charge in [0, 0.05) is 31.2 Å². The normalized spacial score (nSPS) is 11.3. The van der Waals surface area contributed by atoms with Gasteiger partial charge >= 0.3 is 5.97 Å². The van der Waals surface area contributed by atoms with Crippen LogP contribution in [0.3, 0.4) is 0 Å². The molecule has 1 heterocycles. The lowest BCUT2D eigenvalue weighted by Gasteiger charge is -2.17. The Bertz CT molecular complexity index is 448. The first-order valence-corrected chi connectivity index (χ1v) is 6.08. The van der Waals surface area contributed by atoms with Crippen molar-refractivity contribution >= 4 is 11.9 Å². The van der Waals surface area contributed by atoms with Gasteiger partial charge in [0.15, 0.2) is 5.69 Å². The molecular formula is C12H20N4O3. The van der Waals surface area contributed by atoms with Crippen molar-refractivity contribution in [3.63, 3.8) is 0 Å². The van der Waals surface area contributed by atoms with Crippen molar-refractivity contribution in [1.29, 1.82) is 0 Å². The minimum absolute atomic E-state index is 0.00351. The van der Waals surface area contributed by atoms with E-state index in [1.165, 1.54) is 12.5 Å². The van der Waals surface area contributed by atoms with E-state index in [4.69, 9.17) is 10.8 Å². The molecule has 0 radical (unpaired) electrons. The Morgan fingerprint density at radius 3 is 2.74 bits per heavy atom. The van der Waals surface area contributed by atoms with Crippen molar-refractivity contribution in [1.82, 2.24) is 14.9 Å². The molecule has 0 aliphatic heterocycles. The lowest BCUT2D eigenvalue weighted by molar-refractivity contribution is -0.121. The van der Waals surface area contributed by atoms with Crippen LogP contribution in [-0.2, 0) is 11.3 Å². The minimum Gasteiger partial charge on any atom is -0.476 e. The van der Waals surface area contributed by atoms with Crippen LogP contribution in [0.2, 0.25) is 0 Å². The summed E-state index contributed by atoms with van der Waals surface area (Å²) in [5.74, 6) is -1.12. The summed E-state index contributed by atoms with van der Waals surface area (Å²) in [4.78, 5) is 25.8. The molecule has 0 saturated heterocycles. The second kappa shape index (κ2) is 6.33. The molecule has 1 rings (SSSR count). The van der Waals surface area contributed by atoms with Gasteiger partial charge in [-0.3, -0.25) is 4.79 Å². The Balaban J connectivity index is 2.26. The molecule has 0 aliphatic rings. The van der Waals surface area contributed by atoms with E-state index in [2.05, 4.69) is 10.3 Å². The van der Waals surface area contributed by atoms with E-state index in [0.717, 1.165) is 0 Å². The average molecular weight is 268 g/mol. The van der Waals surface area contributed by atoms with E-state index >= 15 is 0 Å². The smallest absolute Gasteiger partial charge is 0.356 e. The number of nitrogens with one attached hydrogen (secondary N) is 1. The number of amides is 1. The topological polar surface area (TPSA) is 110 Å². The molecular weight excluding hydrogens is 248 g/mol. The fraction of sp³-hybridized carbons (Fsp3) is 0.583. The monoisotopic (exact) mass is 268 g/mol. The van der Waals surface area contributed by atoms with Crippen molar-refractivity contribution < 1.29 is 14.7 Å². The fourth-order valence-corrected chi connectivity index (χ4v) is 1.44. The molecule has 1 aromatic rings. The van der Waals surface area contributed by atoms with Gasteiger partial charge in [-0.1, -0.05) is 0 Å². The van der Waals surface area contributed by atoms with E-state index in [0.29, 0.717) is 25.9 Å². The van der Waals surface area contributed by atoms with Crippen LogP contribution in [0.1, 0.15) is 37.2 Å². The zero-order valence-corrected chi connectivity index (χ0v) is 11.2. The number of hydrogen-bond donors (Lipinski definition) is 3. The van der Waals surface area contributed by atoms with Gasteiger partial charge < -0.3 is 20.7 Å². The van der Waals surface area contributed by atoms with Gasteiger partial charge in [-0.25, -0.2) is 9.78 Å². The SMILES string of the molecule is CC(C)(N)CCC(=O)NCCn1cnc(C(=O)O)c1. The third-order valence-electron chi connectivity index (χ3n) is 2.54. The number of carbonyl (C=O) groups is 2. The Kier molecular flexibility index (Phi) is 5.05. The van der Waals surface area contributed by atoms with Crippen molar-refractivity contribution in [2.75, 3.05) is 6.54 Å². The summed E-state index contributed by atoms with van der Waals surface area (Å²) in [5.41, 5.74) is 5.43. The van der Waals surface area contributed by atoms with Gasteiger partial charge in [0.1, 0.15) is 0 Å². The molecule has 7 nitrogen and oxygen atoms in total. The van der Waals surface area contributed by atoms with E-state index in [9.17, 15) is 9.59 Å². The lowest BCUT2D eigenvalue weighted by Crippen LogP contribution is -2.35. The summed E-state index contributed by atoms with van der Waals surface area (Å²) in [6, 6.07) is 0. The summed E-state index contributed by atoms with van der Waals surface area (Å²) in [6.45, 7) is 4.66. The predicted molar refractivity (Wildman–Crippen MR) is 69.7 cm³/mol. The highest BCUT2D eigenvalue weighted by Crippen LogP contribution is 2.06. The second-order valence-corrected chi connectivity index (χ2v) is 5.14. The van der Waals surface area contributed by atoms with Gasteiger partial charge in [0.2, 0.25) is 5.91 Å². The Labute approximate surface area is 111 Å². The van der Waals surface area contributed by atoms with Gasteiger partial charge in [0.25, 0.3) is 0 Å². The molecule has 0 saturated carbocycles. The van der Waals surface area contributed by atoms with Crippen LogP contribution in [0.4, 0.5) is 0 Å². The largest absolute Gasteiger partial charge is 0.476 e. The first-order chi connectivity index (χ1) is 8.78. The van der Waals surface area contributed by atoms with Crippen LogP contribution in [0.15, 0.2) is 12.5 Å². The standard InChI is InChI=1S/C12H20N4O3/c1-12(2,13)4-3-10(17)14-5-6-16-7-9(11(18)19)15-8-16/h7-8H,3-6,13H2,1-2H3,(H,14,17)(H,18,19). The van der Waals surface area contributed by atoms with Crippen molar-refractivity contribution in [2.45, 2.75) is 38.8 Å². The zero-order chi connectivity index (χ0) is 14.5. The molecule has 0 aromatic carbocycles. The molecule has 4 N–H and O–H groups in total. The van der Waals surface area contributed by atoms with Gasteiger partial charge in [-0.2, -0.15) is 0 Å². The summed E-state index contributed by atoms with van der Waals surface area (Å²) >= 11 is 0. The Morgan fingerprint density at radius 1 is 1.53 bits per heavy atom. The molecule has 0 aliphatic carbocycles. The highest BCUT2D eigenvalue weighted by molar-refractivity contribution is 5.84. The number of carboxylic acids is 1. The fourth-order valence-electron chi connectivity index (χ4n) is 1.44. The molecule has 0 unspecified atom stereocenters. The van der Waals surface area contributed by atoms with Crippen LogP contribution in [0.5, 0.6) is 0 Å². The number of carboxylic acid groups (broad SMARTS) is 1. The maximum atomic E-state index is 11.5. The number of carbonyl (C=O) groups excluding carboxylic acids is 1. The van der Waals surface area contributed by atoms with Gasteiger partial charge in [0.05, 0.1) is 6.33 Å². The maximum absolute atomic E-state index is 11.5. The average Bonchev–Trinajstić information content (AvgIpc) is 2.74. The summed E-state index contributed by atoms with van der Waals surface area (Å²) in [7, 11) is 0. The summed E-state index contributed by atoms with van der Waals surface area (Å²) in [6.07, 6.45) is 3.86. The molecule has 0 spiro atoms. The summed E-state index contributed by atoms with van der Waals surface area (Å²) < 4.78 is 1.62. The van der Waals surface area contributed by atoms with Crippen LogP contribution in [-0.4, -0.2) is 38.6 Å². The van der Waals surface area contributed by atoms with E-state index in [1.807, 2.05) is 13.8 Å². The van der Waals surface area contributed by atoms with Crippen molar-refractivity contribution in [2.24, 2.45) is 5.73 Å². The number of aromatic nitrogens is 2. The lowest BCUT2D eigenvalue weighted by atomic mass is 10.00. The highest BCUT2D eigenvalue weighted by Gasteiger charge is 2.13. The third kappa shape index (κ3) is 6.01. The minimum atomic E-state index is -1.06. The van der Waals surface area contributed by atoms with Crippen molar-refractivity contribution in [3.05, 3.63) is 18.2 Å². The van der Waals surface area contributed by atoms with E-state index in [1.54, 1.807) is 4.57 Å². The number of imidazole rings is 1. The second-order valence-electron chi connectivity index (χ2n) is 5.14. The maximum Gasteiger partial charge on any atom is 0.356 e. The number of nitrogens with two attached hydrogens (primary N) is 1. The first-order valence-electron chi connectivity index (χ1n) is 6.08. The number of hydrogen-bond acceptors (Lipinski definition) is 4. The molecule has 0 atom stereocenters. The molecule has 106 valence electrons. The third-order valence-corrected chi connectivity index (χ3v) is 2.54. The summed E-state index contributed by atoms with van der Waals surface area (Å²) in [5, 5.41) is 11.5. The first kappa shape index (κ1) is 15.2. The van der Waals surface area contributed by atoms with Crippen LogP contribution in [0, 0.1) is 0 Å². The predicted octanol–water partition coefficient (Wildman–Crippen LogP) is 0.215. The number of aromatic carboxylic acids is 1. The Morgan fingerprint density at radius 2 is 2.21 bits per heavy atom. The molecule has 0 bridgehead atoms. The quantitative estimate of drug-likeness (QED) is 0.655. The van der Waals surface area contributed by atoms with E-state index < -0.39 is 5.97 Å². The van der Waals surface area contributed by atoms with Gasteiger partial charge in [-0.15, -0.1) is 0 Å². The molecule has 1 aromatic heterocycles. The van der Waals surface area contributed by atoms with Crippen LogP contribution >= 0.6 is 0 Å². The van der Waals surface area contributed by atoms with Crippen molar-refractivity contribution in [3.8, 4) is 0 Å². The molecule has 1 amide bonds.